The lowest BCUT2D eigenvalue weighted by Crippen LogP contribution is -2.74. The number of carbonyl (C=O) groups is 1. The molecule has 1 saturated carbocycles. The minimum atomic E-state index is -0.476. The zero-order valence-electron chi connectivity index (χ0n) is 14.9. The second-order valence-corrected chi connectivity index (χ2v) is 7.77. The molecule has 2 rings (SSSR count). The fourth-order valence-electron chi connectivity index (χ4n) is 3.52. The number of amides is 1. The Labute approximate surface area is 140 Å². The third-order valence-electron chi connectivity index (χ3n) is 4.58. The average Bonchev–Trinajstić information content (AvgIpc) is 2.46. The first-order chi connectivity index (χ1) is 10.8. The number of ether oxygens (including phenoxy) is 2. The van der Waals surface area contributed by atoms with E-state index in [1.54, 1.807) is 0 Å². The fourth-order valence-corrected chi connectivity index (χ4v) is 3.52. The molecule has 0 radical (unpaired) electrons. The summed E-state index contributed by atoms with van der Waals surface area (Å²) in [6.07, 6.45) is 6.00. The maximum Gasteiger partial charge on any atom is 0.407 e. The van der Waals surface area contributed by atoms with Gasteiger partial charge in [0.2, 0.25) is 0 Å². The van der Waals surface area contributed by atoms with Gasteiger partial charge in [-0.2, -0.15) is 0 Å². The van der Waals surface area contributed by atoms with Gasteiger partial charge in [0.05, 0.1) is 18.2 Å². The van der Waals surface area contributed by atoms with Gasteiger partial charge in [-0.1, -0.05) is 6.08 Å². The van der Waals surface area contributed by atoms with E-state index in [1.165, 1.54) is 0 Å². The van der Waals surface area contributed by atoms with Crippen LogP contribution in [0, 0.1) is 5.92 Å². The molecule has 1 amide bonds. The summed E-state index contributed by atoms with van der Waals surface area (Å²) in [4.78, 5) is 12.1. The predicted molar refractivity (Wildman–Crippen MR) is 91.4 cm³/mol. The molecule has 23 heavy (non-hydrogen) atoms. The van der Waals surface area contributed by atoms with Crippen molar-refractivity contribution in [2.24, 2.45) is 5.92 Å². The summed E-state index contributed by atoms with van der Waals surface area (Å²) < 4.78 is 11.3. The number of allylic oxidation sites excluding steroid dienone is 1. The molecule has 5 nitrogen and oxygen atoms in total. The van der Waals surface area contributed by atoms with Gasteiger partial charge in [-0.15, -0.1) is 6.58 Å². The van der Waals surface area contributed by atoms with Gasteiger partial charge in [0, 0.05) is 18.6 Å². The summed E-state index contributed by atoms with van der Waals surface area (Å²) in [6, 6.07) is 0.612. The number of rotatable bonds is 6. The number of fused-ring (bicyclic) bond motifs is 1. The first-order valence-electron chi connectivity index (χ1n) is 8.80. The van der Waals surface area contributed by atoms with E-state index < -0.39 is 5.60 Å². The standard InChI is InChI=1S/C18H32N2O3/c1-6-7-9-12(2)19-15-14(13-10-8-11-22-16(13)15)20-17(21)23-18(3,4)5/h6,12-16,19H,1,7-11H2,2-5H3,(H,20,21). The molecular formula is C18H32N2O3. The maximum absolute atomic E-state index is 12.1. The zero-order chi connectivity index (χ0) is 17.0. The van der Waals surface area contributed by atoms with Gasteiger partial charge < -0.3 is 20.1 Å². The number of carbonyl (C=O) groups excluding carboxylic acids is 1. The van der Waals surface area contributed by atoms with Crippen LogP contribution in [0.25, 0.3) is 0 Å². The summed E-state index contributed by atoms with van der Waals surface area (Å²) >= 11 is 0. The van der Waals surface area contributed by atoms with E-state index in [0.29, 0.717) is 12.0 Å². The molecule has 0 bridgehead atoms. The molecule has 2 N–H and O–H groups in total. The molecule has 132 valence electrons. The molecule has 1 aliphatic carbocycles. The molecule has 1 aliphatic heterocycles. The second-order valence-electron chi connectivity index (χ2n) is 7.77. The lowest BCUT2D eigenvalue weighted by atomic mass is 9.68. The van der Waals surface area contributed by atoms with E-state index >= 15 is 0 Å². The molecule has 1 heterocycles. The van der Waals surface area contributed by atoms with E-state index in [4.69, 9.17) is 9.47 Å². The lowest BCUT2D eigenvalue weighted by Gasteiger charge is -2.54. The number of nitrogens with one attached hydrogen (secondary N) is 2. The molecule has 2 aliphatic rings. The van der Waals surface area contributed by atoms with Crippen molar-refractivity contribution in [3.8, 4) is 0 Å². The van der Waals surface area contributed by atoms with Crippen LogP contribution in [-0.4, -0.2) is 42.5 Å². The fraction of sp³-hybridized carbons (Fsp3) is 0.833. The molecular weight excluding hydrogens is 292 g/mol. The van der Waals surface area contributed by atoms with Crippen LogP contribution in [0.5, 0.6) is 0 Å². The second kappa shape index (κ2) is 7.67. The summed E-state index contributed by atoms with van der Waals surface area (Å²) in [7, 11) is 0. The molecule has 1 saturated heterocycles. The van der Waals surface area contributed by atoms with Gasteiger partial charge in [-0.3, -0.25) is 0 Å². The van der Waals surface area contributed by atoms with Crippen LogP contribution in [-0.2, 0) is 9.47 Å². The van der Waals surface area contributed by atoms with E-state index in [0.717, 1.165) is 32.3 Å². The Bertz CT molecular complexity index is 419. The van der Waals surface area contributed by atoms with Crippen LogP contribution < -0.4 is 10.6 Å². The first-order valence-corrected chi connectivity index (χ1v) is 8.80. The minimum Gasteiger partial charge on any atom is -0.444 e. The summed E-state index contributed by atoms with van der Waals surface area (Å²) in [5.74, 6) is 0.389. The van der Waals surface area contributed by atoms with Crippen LogP contribution in [0.1, 0.15) is 53.4 Å². The first kappa shape index (κ1) is 18.3. The molecule has 5 heteroatoms. The summed E-state index contributed by atoms with van der Waals surface area (Å²) in [6.45, 7) is 12.4. The van der Waals surface area contributed by atoms with Gasteiger partial charge in [0.1, 0.15) is 5.60 Å². The monoisotopic (exact) mass is 324 g/mol. The van der Waals surface area contributed by atoms with Gasteiger partial charge in [0.15, 0.2) is 0 Å². The number of hydrogen-bond donors (Lipinski definition) is 2. The Morgan fingerprint density at radius 2 is 2.17 bits per heavy atom. The zero-order valence-corrected chi connectivity index (χ0v) is 14.9. The van der Waals surface area contributed by atoms with E-state index in [-0.39, 0.29) is 24.3 Å². The Kier molecular flexibility index (Phi) is 6.09. The highest BCUT2D eigenvalue weighted by molar-refractivity contribution is 5.68. The smallest absolute Gasteiger partial charge is 0.407 e. The Morgan fingerprint density at radius 3 is 2.83 bits per heavy atom. The van der Waals surface area contributed by atoms with Gasteiger partial charge in [0.25, 0.3) is 0 Å². The van der Waals surface area contributed by atoms with Crippen molar-refractivity contribution in [3.05, 3.63) is 12.7 Å². The van der Waals surface area contributed by atoms with Crippen molar-refractivity contribution in [2.45, 2.75) is 83.2 Å². The summed E-state index contributed by atoms with van der Waals surface area (Å²) in [5, 5.41) is 6.69. The molecule has 0 aromatic rings. The van der Waals surface area contributed by atoms with E-state index in [9.17, 15) is 4.79 Å². The van der Waals surface area contributed by atoms with Crippen LogP contribution in [0.2, 0.25) is 0 Å². The van der Waals surface area contributed by atoms with Crippen LogP contribution in [0.3, 0.4) is 0 Å². The van der Waals surface area contributed by atoms with Crippen molar-refractivity contribution in [2.75, 3.05) is 6.61 Å². The molecule has 2 fully saturated rings. The highest BCUT2D eigenvalue weighted by atomic mass is 16.6. The Balaban J connectivity index is 1.93. The molecule has 0 aromatic heterocycles. The largest absolute Gasteiger partial charge is 0.444 e. The van der Waals surface area contributed by atoms with Crippen molar-refractivity contribution in [1.29, 1.82) is 0 Å². The molecule has 5 unspecified atom stereocenters. The van der Waals surface area contributed by atoms with E-state index in [2.05, 4.69) is 24.1 Å². The predicted octanol–water partition coefficient (Wildman–Crippen LogP) is 3.00. The van der Waals surface area contributed by atoms with Crippen LogP contribution in [0.4, 0.5) is 4.79 Å². The third kappa shape index (κ3) is 4.95. The SMILES string of the molecule is C=CCCC(C)NC1C(NC(=O)OC(C)(C)C)C2CCCOC21. The van der Waals surface area contributed by atoms with Crippen molar-refractivity contribution < 1.29 is 14.3 Å². The van der Waals surface area contributed by atoms with Crippen molar-refractivity contribution >= 4 is 6.09 Å². The highest BCUT2D eigenvalue weighted by Crippen LogP contribution is 2.38. The maximum atomic E-state index is 12.1. The van der Waals surface area contributed by atoms with Crippen molar-refractivity contribution in [1.82, 2.24) is 10.6 Å². The Morgan fingerprint density at radius 1 is 1.43 bits per heavy atom. The molecule has 0 aromatic carbocycles. The van der Waals surface area contributed by atoms with Crippen LogP contribution in [0.15, 0.2) is 12.7 Å². The third-order valence-corrected chi connectivity index (χ3v) is 4.58. The average molecular weight is 324 g/mol. The van der Waals surface area contributed by atoms with Crippen LogP contribution >= 0.6 is 0 Å². The number of hydrogen-bond acceptors (Lipinski definition) is 4. The Hall–Kier alpha value is -1.07. The summed E-state index contributed by atoms with van der Waals surface area (Å²) in [5.41, 5.74) is -0.476. The minimum absolute atomic E-state index is 0.0846. The quantitative estimate of drug-likeness (QED) is 0.737. The number of alkyl carbamates (subject to hydrolysis) is 1. The molecule has 0 spiro atoms. The molecule has 5 atom stereocenters. The van der Waals surface area contributed by atoms with Gasteiger partial charge >= 0.3 is 6.09 Å². The van der Waals surface area contributed by atoms with Gasteiger partial charge in [-0.05, 0) is 53.4 Å². The normalized spacial score (nSPS) is 31.5. The van der Waals surface area contributed by atoms with E-state index in [1.807, 2.05) is 26.8 Å². The van der Waals surface area contributed by atoms with Gasteiger partial charge in [-0.25, -0.2) is 4.79 Å². The van der Waals surface area contributed by atoms with Crippen molar-refractivity contribution in [3.63, 3.8) is 0 Å². The lowest BCUT2D eigenvalue weighted by molar-refractivity contribution is -0.130. The topological polar surface area (TPSA) is 59.6 Å². The highest BCUT2D eigenvalue weighted by Gasteiger charge is 2.53.